The summed E-state index contributed by atoms with van der Waals surface area (Å²) in [6.07, 6.45) is 0.726. The fraction of sp³-hybridized carbons (Fsp3) is 0.500. The van der Waals surface area contributed by atoms with Gasteiger partial charge in [-0.3, -0.25) is 4.79 Å². The minimum absolute atomic E-state index is 0.0668. The Morgan fingerprint density at radius 2 is 2.11 bits per heavy atom. The molecule has 1 atom stereocenters. The highest BCUT2D eigenvalue weighted by atomic mass is 79.9. The number of carbonyl (C=O) groups excluding carboxylic acids is 1. The van der Waals surface area contributed by atoms with Crippen molar-refractivity contribution in [1.82, 2.24) is 5.32 Å². The molecule has 1 aliphatic heterocycles. The van der Waals surface area contributed by atoms with Gasteiger partial charge in [-0.15, -0.1) is 0 Å². The number of hydrogen-bond acceptors (Lipinski definition) is 2. The molecule has 1 aromatic carbocycles. The van der Waals surface area contributed by atoms with E-state index in [1.807, 2.05) is 31.2 Å². The van der Waals surface area contributed by atoms with Crippen molar-refractivity contribution in [2.75, 3.05) is 17.3 Å². The van der Waals surface area contributed by atoms with Gasteiger partial charge in [-0.25, -0.2) is 0 Å². The normalized spacial score (nSPS) is 18.4. The van der Waals surface area contributed by atoms with E-state index in [4.69, 9.17) is 4.74 Å². The molecule has 0 spiro atoms. The van der Waals surface area contributed by atoms with E-state index in [1.165, 1.54) is 0 Å². The third-order valence-electron chi connectivity index (χ3n) is 3.29. The minimum Gasteiger partial charge on any atom is -0.493 e. The molecule has 1 unspecified atom stereocenters. The van der Waals surface area contributed by atoms with Crippen molar-refractivity contribution in [3.63, 3.8) is 0 Å². The molecule has 19 heavy (non-hydrogen) atoms. The lowest BCUT2D eigenvalue weighted by molar-refractivity contribution is -0.124. The molecule has 1 aliphatic rings. The number of fused-ring (bicyclic) bond motifs is 1. The maximum Gasteiger partial charge on any atom is 0.228 e. The van der Waals surface area contributed by atoms with Crippen LogP contribution in [0.3, 0.4) is 0 Å². The highest BCUT2D eigenvalue weighted by molar-refractivity contribution is 9.09. The van der Waals surface area contributed by atoms with E-state index in [0.29, 0.717) is 17.3 Å². The quantitative estimate of drug-likeness (QED) is 0.801. The van der Waals surface area contributed by atoms with E-state index < -0.39 is 0 Å². The molecule has 1 aromatic rings. The molecule has 3 nitrogen and oxygen atoms in total. The smallest absolute Gasteiger partial charge is 0.228 e. The number of alkyl halides is 2. The van der Waals surface area contributed by atoms with Gasteiger partial charge in [-0.1, -0.05) is 50.1 Å². The summed E-state index contributed by atoms with van der Waals surface area (Å²) in [6.45, 7) is 2.61. The number of ether oxygens (including phenoxy) is 1. The van der Waals surface area contributed by atoms with Crippen LogP contribution in [0.25, 0.3) is 0 Å². The summed E-state index contributed by atoms with van der Waals surface area (Å²) in [5.41, 5.74) is 0.711. The van der Waals surface area contributed by atoms with E-state index in [1.54, 1.807) is 0 Å². The molecule has 0 saturated carbocycles. The second-order valence-corrected chi connectivity index (χ2v) is 6.17. The van der Waals surface area contributed by atoms with Gasteiger partial charge in [0.25, 0.3) is 0 Å². The van der Waals surface area contributed by atoms with Crippen LogP contribution in [0, 0.1) is 0 Å². The number of benzene rings is 1. The maximum atomic E-state index is 12.5. The summed E-state index contributed by atoms with van der Waals surface area (Å²) in [6, 6.07) is 7.77. The number of carbonyl (C=O) groups is 1. The van der Waals surface area contributed by atoms with Crippen LogP contribution in [0.2, 0.25) is 0 Å². The van der Waals surface area contributed by atoms with Gasteiger partial charge in [0, 0.05) is 16.2 Å². The van der Waals surface area contributed by atoms with Gasteiger partial charge in [0.05, 0.1) is 18.1 Å². The number of halogens is 2. The summed E-state index contributed by atoms with van der Waals surface area (Å²) in [5.74, 6) is 0.771. The first-order chi connectivity index (χ1) is 9.09. The number of hydrogen-bond donors (Lipinski definition) is 1. The zero-order chi connectivity index (χ0) is 13.9. The standard InChI is InChI=1S/C14H17Br2NO2/c1-14(8-15,9-16)17-13(18)11-6-7-19-12-5-3-2-4-10(11)12/h2-5,11H,6-9H2,1H3,(H,17,18). The lowest BCUT2D eigenvalue weighted by Gasteiger charge is -2.31. The number of nitrogens with one attached hydrogen (secondary N) is 1. The van der Waals surface area contributed by atoms with Gasteiger partial charge in [0.1, 0.15) is 5.75 Å². The zero-order valence-electron chi connectivity index (χ0n) is 10.8. The third-order valence-corrected chi connectivity index (χ3v) is 5.77. The van der Waals surface area contributed by atoms with Crippen LogP contribution in [0.4, 0.5) is 0 Å². The van der Waals surface area contributed by atoms with Gasteiger partial charge in [-0.2, -0.15) is 0 Å². The third kappa shape index (κ3) is 3.31. The average molecular weight is 391 g/mol. The van der Waals surface area contributed by atoms with Crippen molar-refractivity contribution in [1.29, 1.82) is 0 Å². The number of para-hydroxylation sites is 1. The Morgan fingerprint density at radius 1 is 1.42 bits per heavy atom. The Balaban J connectivity index is 2.17. The highest BCUT2D eigenvalue weighted by Gasteiger charge is 2.32. The van der Waals surface area contributed by atoms with Gasteiger partial charge >= 0.3 is 0 Å². The van der Waals surface area contributed by atoms with Crippen molar-refractivity contribution < 1.29 is 9.53 Å². The van der Waals surface area contributed by atoms with Crippen LogP contribution >= 0.6 is 31.9 Å². The van der Waals surface area contributed by atoms with Crippen molar-refractivity contribution in [3.8, 4) is 5.75 Å². The van der Waals surface area contributed by atoms with E-state index >= 15 is 0 Å². The zero-order valence-corrected chi connectivity index (χ0v) is 14.0. The molecule has 0 aromatic heterocycles. The molecule has 1 heterocycles. The van der Waals surface area contributed by atoms with Crippen molar-refractivity contribution in [2.45, 2.75) is 24.8 Å². The molecule has 1 N–H and O–H groups in total. The lowest BCUT2D eigenvalue weighted by atomic mass is 9.91. The van der Waals surface area contributed by atoms with Crippen LogP contribution < -0.4 is 10.1 Å². The predicted molar refractivity (Wildman–Crippen MR) is 83.4 cm³/mol. The summed E-state index contributed by atoms with van der Waals surface area (Å²) < 4.78 is 5.59. The van der Waals surface area contributed by atoms with E-state index in [-0.39, 0.29) is 17.4 Å². The summed E-state index contributed by atoms with van der Waals surface area (Å²) in [4.78, 5) is 12.5. The fourth-order valence-electron chi connectivity index (χ4n) is 2.10. The first-order valence-corrected chi connectivity index (χ1v) is 8.49. The molecule has 0 bridgehead atoms. The number of amides is 1. The summed E-state index contributed by atoms with van der Waals surface area (Å²) in [7, 11) is 0. The van der Waals surface area contributed by atoms with Crippen molar-refractivity contribution in [3.05, 3.63) is 29.8 Å². The van der Waals surface area contributed by atoms with Crippen LogP contribution in [0.1, 0.15) is 24.8 Å². The van der Waals surface area contributed by atoms with Crippen LogP contribution in [-0.2, 0) is 4.79 Å². The van der Waals surface area contributed by atoms with Gasteiger partial charge in [-0.05, 0) is 19.4 Å². The molecule has 0 aliphatic carbocycles. The first kappa shape index (κ1) is 14.9. The molecule has 0 radical (unpaired) electrons. The number of rotatable bonds is 4. The molecule has 1 amide bonds. The largest absolute Gasteiger partial charge is 0.493 e. The topological polar surface area (TPSA) is 38.3 Å². The Kier molecular flexibility index (Phi) is 4.90. The van der Waals surface area contributed by atoms with E-state index in [0.717, 1.165) is 17.7 Å². The fourth-order valence-corrected chi connectivity index (χ4v) is 3.31. The lowest BCUT2D eigenvalue weighted by Crippen LogP contribution is -2.51. The van der Waals surface area contributed by atoms with E-state index in [9.17, 15) is 4.79 Å². The Morgan fingerprint density at radius 3 is 2.79 bits per heavy atom. The Hall–Kier alpha value is -0.550. The molecule has 0 saturated heterocycles. The maximum absolute atomic E-state index is 12.5. The second kappa shape index (κ2) is 6.27. The van der Waals surface area contributed by atoms with Gasteiger partial charge in [0.2, 0.25) is 5.91 Å². The van der Waals surface area contributed by atoms with Gasteiger partial charge < -0.3 is 10.1 Å². The average Bonchev–Trinajstić information content (AvgIpc) is 2.46. The van der Waals surface area contributed by atoms with Crippen LogP contribution in [0.5, 0.6) is 5.75 Å². The van der Waals surface area contributed by atoms with Crippen molar-refractivity contribution in [2.24, 2.45) is 0 Å². The SMILES string of the molecule is CC(CBr)(CBr)NC(=O)C1CCOc2ccccc21. The molecule has 0 fully saturated rings. The molecule has 104 valence electrons. The molecule has 5 heteroatoms. The molecular formula is C14H17Br2NO2. The molecular weight excluding hydrogens is 374 g/mol. The van der Waals surface area contributed by atoms with E-state index in [2.05, 4.69) is 37.2 Å². The monoisotopic (exact) mass is 389 g/mol. The van der Waals surface area contributed by atoms with Crippen LogP contribution in [-0.4, -0.2) is 28.7 Å². The highest BCUT2D eigenvalue weighted by Crippen LogP contribution is 2.33. The predicted octanol–water partition coefficient (Wildman–Crippen LogP) is 3.22. The second-order valence-electron chi connectivity index (χ2n) is 5.04. The van der Waals surface area contributed by atoms with Gasteiger partial charge in [0.15, 0.2) is 0 Å². The first-order valence-electron chi connectivity index (χ1n) is 6.25. The Bertz CT molecular complexity index is 461. The van der Waals surface area contributed by atoms with Crippen molar-refractivity contribution >= 4 is 37.8 Å². The summed E-state index contributed by atoms with van der Waals surface area (Å²) >= 11 is 6.89. The van der Waals surface area contributed by atoms with Crippen LogP contribution in [0.15, 0.2) is 24.3 Å². The minimum atomic E-state index is -0.273. The Labute approximate surface area is 130 Å². The summed E-state index contributed by atoms with van der Waals surface area (Å²) in [5, 5.41) is 4.54. The molecule has 2 rings (SSSR count).